The lowest BCUT2D eigenvalue weighted by atomic mass is 10.2. The molecule has 0 saturated carbocycles. The van der Waals surface area contributed by atoms with E-state index in [0.29, 0.717) is 12.5 Å². The first-order valence-electron chi connectivity index (χ1n) is 6.84. The van der Waals surface area contributed by atoms with Gasteiger partial charge in [0.25, 0.3) is 0 Å². The normalized spacial score (nSPS) is 10.7. The third-order valence-electron chi connectivity index (χ3n) is 3.10. The summed E-state index contributed by atoms with van der Waals surface area (Å²) in [5.41, 5.74) is 2.19. The van der Waals surface area contributed by atoms with Gasteiger partial charge in [-0.05, 0) is 6.42 Å². The minimum atomic E-state index is -0.0213. The number of nitrogens with zero attached hydrogens (tertiary/aromatic N) is 6. The Morgan fingerprint density at radius 3 is 2.81 bits per heavy atom. The van der Waals surface area contributed by atoms with Gasteiger partial charge in [-0.15, -0.1) is 5.10 Å². The van der Waals surface area contributed by atoms with E-state index in [-0.39, 0.29) is 12.5 Å². The smallest absolute Gasteiger partial charge is 0.243 e. The van der Waals surface area contributed by atoms with E-state index in [1.165, 1.54) is 9.58 Å². The Bertz CT molecular complexity index is 614. The van der Waals surface area contributed by atoms with E-state index in [0.717, 1.165) is 17.7 Å². The van der Waals surface area contributed by atoms with Gasteiger partial charge in [-0.25, -0.2) is 9.67 Å². The van der Waals surface area contributed by atoms with Crippen LogP contribution >= 0.6 is 0 Å². The number of carbonyl (C=O) groups is 1. The van der Waals surface area contributed by atoms with Gasteiger partial charge in [-0.3, -0.25) is 9.48 Å². The zero-order valence-corrected chi connectivity index (χ0v) is 12.9. The van der Waals surface area contributed by atoms with Crippen molar-refractivity contribution in [3.05, 3.63) is 23.8 Å². The fourth-order valence-electron chi connectivity index (χ4n) is 1.94. The minimum Gasteiger partial charge on any atom is -0.349 e. The van der Waals surface area contributed by atoms with Crippen molar-refractivity contribution in [2.75, 3.05) is 19.4 Å². The van der Waals surface area contributed by atoms with Crippen molar-refractivity contribution < 1.29 is 4.79 Å². The van der Waals surface area contributed by atoms with Gasteiger partial charge < -0.3 is 10.2 Å². The molecule has 0 atom stereocenters. The van der Waals surface area contributed by atoms with E-state index < -0.39 is 0 Å². The fraction of sp³-hybridized carbons (Fsp3) is 0.538. The summed E-state index contributed by atoms with van der Waals surface area (Å²) in [6.07, 6.45) is 4.42. The van der Waals surface area contributed by atoms with Gasteiger partial charge >= 0.3 is 0 Å². The summed E-state index contributed by atoms with van der Waals surface area (Å²) in [6, 6.07) is 0. The average molecular weight is 291 g/mol. The molecule has 2 aromatic rings. The largest absolute Gasteiger partial charge is 0.349 e. The van der Waals surface area contributed by atoms with Crippen molar-refractivity contribution in [3.63, 3.8) is 0 Å². The molecule has 0 bridgehead atoms. The molecule has 2 rings (SSSR count). The van der Waals surface area contributed by atoms with Gasteiger partial charge in [-0.1, -0.05) is 6.92 Å². The van der Waals surface area contributed by atoms with E-state index in [1.54, 1.807) is 25.1 Å². The van der Waals surface area contributed by atoms with Crippen LogP contribution in [0.3, 0.4) is 0 Å². The molecule has 0 unspecified atom stereocenters. The number of anilines is 1. The van der Waals surface area contributed by atoms with Crippen LogP contribution in [0.4, 0.5) is 5.95 Å². The molecule has 0 aliphatic heterocycles. The molecular formula is C13H21N7O. The van der Waals surface area contributed by atoms with Crippen molar-refractivity contribution in [2.45, 2.75) is 26.4 Å². The van der Waals surface area contributed by atoms with Crippen molar-refractivity contribution in [1.82, 2.24) is 29.4 Å². The van der Waals surface area contributed by atoms with Crippen molar-refractivity contribution >= 4 is 11.9 Å². The number of carbonyl (C=O) groups excluding carboxylic acids is 1. The second kappa shape index (κ2) is 6.38. The first-order chi connectivity index (χ1) is 9.99. The monoisotopic (exact) mass is 291 g/mol. The maximum atomic E-state index is 11.6. The summed E-state index contributed by atoms with van der Waals surface area (Å²) < 4.78 is 3.33. The number of amides is 1. The highest BCUT2D eigenvalue weighted by atomic mass is 16.2. The fourth-order valence-corrected chi connectivity index (χ4v) is 1.94. The summed E-state index contributed by atoms with van der Waals surface area (Å²) in [4.78, 5) is 17.3. The maximum absolute atomic E-state index is 11.6. The molecule has 2 heterocycles. The number of nitrogens with one attached hydrogen (secondary N) is 1. The molecule has 1 N–H and O–H groups in total. The highest BCUT2D eigenvalue weighted by molar-refractivity contribution is 5.75. The average Bonchev–Trinajstić information content (AvgIpc) is 3.02. The van der Waals surface area contributed by atoms with Crippen LogP contribution in [-0.4, -0.2) is 49.4 Å². The van der Waals surface area contributed by atoms with Crippen LogP contribution in [0.5, 0.6) is 0 Å². The molecule has 0 fully saturated rings. The second-order valence-corrected chi connectivity index (χ2v) is 5.04. The van der Waals surface area contributed by atoms with Crippen LogP contribution in [0.15, 0.2) is 12.5 Å². The van der Waals surface area contributed by atoms with Crippen LogP contribution in [0, 0.1) is 0 Å². The SMILES string of the molecule is CCc1nn(C)cc1CNc1ncn(CC(=O)N(C)C)n1. The molecule has 8 heteroatoms. The molecule has 8 nitrogen and oxygen atoms in total. The lowest BCUT2D eigenvalue weighted by Gasteiger charge is -2.09. The molecule has 1 amide bonds. The van der Waals surface area contributed by atoms with Crippen LogP contribution in [0.2, 0.25) is 0 Å². The van der Waals surface area contributed by atoms with Crippen molar-refractivity contribution in [3.8, 4) is 0 Å². The van der Waals surface area contributed by atoms with Crippen LogP contribution in [0.1, 0.15) is 18.2 Å². The predicted octanol–water partition coefficient (Wildman–Crippen LogP) is 0.274. The first kappa shape index (κ1) is 15.0. The molecule has 0 aromatic carbocycles. The molecule has 2 aromatic heterocycles. The third-order valence-corrected chi connectivity index (χ3v) is 3.10. The molecule has 0 spiro atoms. The number of aryl methyl sites for hydroxylation is 2. The Morgan fingerprint density at radius 2 is 2.14 bits per heavy atom. The Labute approximate surface area is 123 Å². The Kier molecular flexibility index (Phi) is 4.56. The summed E-state index contributed by atoms with van der Waals surface area (Å²) in [5.74, 6) is 0.486. The van der Waals surface area contributed by atoms with Crippen molar-refractivity contribution in [1.29, 1.82) is 0 Å². The Balaban J connectivity index is 1.95. The van der Waals surface area contributed by atoms with E-state index in [9.17, 15) is 4.79 Å². The lowest BCUT2D eigenvalue weighted by molar-refractivity contribution is -0.129. The first-order valence-corrected chi connectivity index (χ1v) is 6.84. The van der Waals surface area contributed by atoms with Gasteiger partial charge in [0, 0.05) is 39.4 Å². The molecule has 0 aliphatic carbocycles. The summed E-state index contributed by atoms with van der Waals surface area (Å²) in [6.45, 7) is 2.88. The van der Waals surface area contributed by atoms with Crippen LogP contribution in [-0.2, 0) is 31.4 Å². The highest BCUT2D eigenvalue weighted by Crippen LogP contribution is 2.09. The molecule has 0 radical (unpaired) electrons. The van der Waals surface area contributed by atoms with Gasteiger partial charge in [0.15, 0.2) is 0 Å². The van der Waals surface area contributed by atoms with E-state index in [4.69, 9.17) is 0 Å². The number of rotatable bonds is 6. The van der Waals surface area contributed by atoms with Gasteiger partial charge in [0.05, 0.1) is 5.69 Å². The van der Waals surface area contributed by atoms with Crippen LogP contribution < -0.4 is 5.32 Å². The second-order valence-electron chi connectivity index (χ2n) is 5.04. The molecule has 0 aliphatic rings. The van der Waals surface area contributed by atoms with Gasteiger partial charge in [-0.2, -0.15) is 5.10 Å². The summed E-state index contributed by atoms with van der Waals surface area (Å²) >= 11 is 0. The zero-order valence-electron chi connectivity index (χ0n) is 12.9. The Hall–Kier alpha value is -2.38. The number of aromatic nitrogens is 5. The topological polar surface area (TPSA) is 80.9 Å². The maximum Gasteiger partial charge on any atom is 0.243 e. The highest BCUT2D eigenvalue weighted by Gasteiger charge is 2.09. The number of likely N-dealkylation sites (N-methyl/N-ethyl adjacent to an activating group) is 1. The van der Waals surface area contributed by atoms with E-state index >= 15 is 0 Å². The van der Waals surface area contributed by atoms with Gasteiger partial charge in [0.1, 0.15) is 12.9 Å². The zero-order chi connectivity index (χ0) is 15.4. The molecule has 114 valence electrons. The summed E-state index contributed by atoms with van der Waals surface area (Å²) in [5, 5.41) is 11.8. The van der Waals surface area contributed by atoms with Crippen LogP contribution in [0.25, 0.3) is 0 Å². The summed E-state index contributed by atoms with van der Waals surface area (Å²) in [7, 11) is 5.34. The molecule has 21 heavy (non-hydrogen) atoms. The quantitative estimate of drug-likeness (QED) is 0.826. The Morgan fingerprint density at radius 1 is 1.38 bits per heavy atom. The van der Waals surface area contributed by atoms with E-state index in [1.807, 2.05) is 13.2 Å². The third kappa shape index (κ3) is 3.80. The number of hydrogen-bond donors (Lipinski definition) is 1. The lowest BCUT2D eigenvalue weighted by Crippen LogP contribution is -2.26. The molecular weight excluding hydrogens is 270 g/mol. The van der Waals surface area contributed by atoms with Gasteiger partial charge in [0.2, 0.25) is 11.9 Å². The van der Waals surface area contributed by atoms with E-state index in [2.05, 4.69) is 27.4 Å². The molecule has 0 saturated heterocycles. The van der Waals surface area contributed by atoms with Crippen molar-refractivity contribution in [2.24, 2.45) is 7.05 Å². The number of hydrogen-bond acceptors (Lipinski definition) is 5. The standard InChI is InChI=1S/C13H21N7O/c1-5-11-10(7-19(4)16-11)6-14-13-15-9-20(17-13)8-12(21)18(2)3/h7,9H,5-6,8H2,1-4H3,(H,14,17). The minimum absolute atomic E-state index is 0.0213. The predicted molar refractivity (Wildman–Crippen MR) is 78.6 cm³/mol.